The van der Waals surface area contributed by atoms with Gasteiger partial charge in [-0.05, 0) is 59.6 Å². The van der Waals surface area contributed by atoms with Crippen LogP contribution in [0.15, 0.2) is 60.7 Å². The van der Waals surface area contributed by atoms with Gasteiger partial charge in [0.25, 0.3) is 0 Å². The van der Waals surface area contributed by atoms with Gasteiger partial charge in [0.2, 0.25) is 0 Å². The number of nitrogens with zero attached hydrogens (tertiary/aromatic N) is 1. The van der Waals surface area contributed by atoms with Crippen molar-refractivity contribution < 1.29 is 28.5 Å². The zero-order valence-electron chi connectivity index (χ0n) is 19.2. The number of hydrogen-bond acceptors (Lipinski definition) is 5. The van der Waals surface area contributed by atoms with Gasteiger partial charge in [0.15, 0.2) is 5.60 Å². The zero-order valence-corrected chi connectivity index (χ0v) is 20.1. The second-order valence-corrected chi connectivity index (χ2v) is 10.2. The van der Waals surface area contributed by atoms with Crippen molar-refractivity contribution in [3.63, 3.8) is 0 Å². The summed E-state index contributed by atoms with van der Waals surface area (Å²) in [5, 5.41) is 19.5. The second kappa shape index (κ2) is 9.31. The van der Waals surface area contributed by atoms with Gasteiger partial charge in [-0.3, -0.25) is 4.98 Å². The molecule has 1 fully saturated rings. The topological polar surface area (TPSA) is 96.7 Å². The molecule has 0 spiro atoms. The average molecular weight is 492 g/mol. The molecule has 1 heterocycles. The normalized spacial score (nSPS) is 17.1. The second-order valence-electron chi connectivity index (χ2n) is 8.63. The van der Waals surface area contributed by atoms with Crippen LogP contribution < -0.4 is 0 Å². The summed E-state index contributed by atoms with van der Waals surface area (Å²) in [7, 11) is -1.98. The van der Waals surface area contributed by atoms with Crippen molar-refractivity contribution in [1.82, 2.24) is 4.98 Å². The Kier molecular flexibility index (Phi) is 6.57. The lowest BCUT2D eigenvalue weighted by Gasteiger charge is -2.33. The molecule has 3 unspecified atom stereocenters. The molecule has 4 rings (SSSR count). The number of aromatic nitrogens is 1. The summed E-state index contributed by atoms with van der Waals surface area (Å²) in [6, 6.07) is 16.7. The first-order valence-electron chi connectivity index (χ1n) is 11.0. The fraction of sp³-hybridized carbons (Fsp3) is 0.259. The van der Waals surface area contributed by atoms with Crippen molar-refractivity contribution in [3.05, 3.63) is 77.7 Å². The Morgan fingerprint density at radius 2 is 1.80 bits per heavy atom. The van der Waals surface area contributed by atoms with E-state index in [1.165, 1.54) is 31.2 Å². The van der Waals surface area contributed by atoms with Crippen molar-refractivity contribution in [3.8, 4) is 34.7 Å². The van der Waals surface area contributed by atoms with E-state index in [2.05, 4.69) is 5.92 Å². The summed E-state index contributed by atoms with van der Waals surface area (Å²) < 4.78 is 31.7. The largest absolute Gasteiger partial charge is 0.543 e. The highest BCUT2D eigenvalue weighted by Gasteiger charge is 2.71. The van der Waals surface area contributed by atoms with Gasteiger partial charge in [-0.2, -0.15) is 0 Å². The van der Waals surface area contributed by atoms with Crippen LogP contribution in [0.5, 0.6) is 0 Å². The number of rotatable bonds is 8. The molecule has 0 saturated heterocycles. The Hall–Kier alpha value is -3.43. The van der Waals surface area contributed by atoms with Crippen LogP contribution in [0.1, 0.15) is 36.9 Å². The minimum Gasteiger partial charge on any atom is -0.477 e. The van der Waals surface area contributed by atoms with Crippen molar-refractivity contribution in [2.75, 3.05) is 7.11 Å². The lowest BCUT2D eigenvalue weighted by molar-refractivity contribution is -0.145. The Bertz CT molecular complexity index is 1330. The van der Waals surface area contributed by atoms with E-state index in [1.54, 1.807) is 6.07 Å². The van der Waals surface area contributed by atoms with Crippen LogP contribution in [0, 0.1) is 18.2 Å². The van der Waals surface area contributed by atoms with Crippen LogP contribution >= 0.6 is 8.03 Å². The standard InChI is InChI=1S/C27H23FNO5P/c1-4-27(25(30)31,35(33)34-3)26(2,32)23-21(17-12-14-20(28)15-13-17)16-22(18-8-6-5-7-9-18)29-24(23)19-10-11-19/h1,5-9,12-16,19,32H,10-11H2,2-3H3/p+1. The Labute approximate surface area is 203 Å². The lowest BCUT2D eigenvalue weighted by Crippen LogP contribution is -2.53. The van der Waals surface area contributed by atoms with Gasteiger partial charge in [-0.1, -0.05) is 42.5 Å². The Morgan fingerprint density at radius 1 is 1.17 bits per heavy atom. The van der Waals surface area contributed by atoms with E-state index in [9.17, 15) is 24.0 Å². The molecule has 0 radical (unpaired) electrons. The molecule has 1 saturated carbocycles. The molecule has 6 nitrogen and oxygen atoms in total. The summed E-state index contributed by atoms with van der Waals surface area (Å²) in [5.74, 6) is -0.0841. The van der Waals surface area contributed by atoms with Crippen LogP contribution in [-0.2, 0) is 19.5 Å². The number of aliphatic hydroxyl groups is 1. The van der Waals surface area contributed by atoms with Gasteiger partial charge < -0.3 is 10.2 Å². The summed E-state index contributed by atoms with van der Waals surface area (Å²) in [6.45, 7) is 1.23. The predicted molar refractivity (Wildman–Crippen MR) is 130 cm³/mol. The van der Waals surface area contributed by atoms with Crippen molar-refractivity contribution >= 4 is 14.0 Å². The van der Waals surface area contributed by atoms with E-state index in [0.29, 0.717) is 22.5 Å². The molecular formula is C27H24FNO5P+. The third-order valence-corrected chi connectivity index (χ3v) is 8.02. The van der Waals surface area contributed by atoms with E-state index < -0.39 is 30.6 Å². The first-order valence-corrected chi connectivity index (χ1v) is 12.2. The van der Waals surface area contributed by atoms with Gasteiger partial charge in [-0.25, -0.2) is 9.18 Å². The van der Waals surface area contributed by atoms with Crippen LogP contribution in [0.2, 0.25) is 0 Å². The van der Waals surface area contributed by atoms with Crippen molar-refractivity contribution in [2.24, 2.45) is 0 Å². The van der Waals surface area contributed by atoms with Crippen LogP contribution in [0.4, 0.5) is 4.39 Å². The van der Waals surface area contributed by atoms with Crippen molar-refractivity contribution in [2.45, 2.75) is 36.4 Å². The molecule has 178 valence electrons. The quantitative estimate of drug-likeness (QED) is 0.319. The molecule has 0 aliphatic heterocycles. The summed E-state index contributed by atoms with van der Waals surface area (Å²) in [6.07, 6.45) is 7.22. The number of carboxylic acid groups (broad SMARTS) is 1. The smallest absolute Gasteiger partial charge is 0.477 e. The number of hydrogen-bond donors (Lipinski definition) is 2. The number of aliphatic carboxylic acids is 1. The lowest BCUT2D eigenvalue weighted by atomic mass is 9.76. The van der Waals surface area contributed by atoms with Crippen LogP contribution in [0.3, 0.4) is 0 Å². The van der Waals surface area contributed by atoms with Gasteiger partial charge in [0, 0.05) is 17.0 Å². The molecule has 2 aromatic carbocycles. The van der Waals surface area contributed by atoms with E-state index in [0.717, 1.165) is 25.5 Å². The first-order chi connectivity index (χ1) is 16.7. The maximum Gasteiger partial charge on any atom is 0.543 e. The zero-order chi connectivity index (χ0) is 25.4. The first kappa shape index (κ1) is 24.7. The number of carbonyl (C=O) groups is 1. The van der Waals surface area contributed by atoms with Gasteiger partial charge in [0.1, 0.15) is 5.82 Å². The van der Waals surface area contributed by atoms with Crippen molar-refractivity contribution in [1.29, 1.82) is 0 Å². The highest BCUT2D eigenvalue weighted by atomic mass is 31.1. The molecule has 1 aromatic heterocycles. The summed E-state index contributed by atoms with van der Waals surface area (Å²) in [5.41, 5.74) is 0.611. The molecule has 2 N–H and O–H groups in total. The monoisotopic (exact) mass is 492 g/mol. The SMILES string of the molecule is C#CC(C(=O)O)([P+](=O)OC)C(C)(O)c1c(-c2ccc(F)cc2)cc(-c2ccccc2)nc1C1CC1. The molecule has 0 amide bonds. The van der Waals surface area contributed by atoms with Gasteiger partial charge >= 0.3 is 19.2 Å². The highest BCUT2D eigenvalue weighted by Crippen LogP contribution is 2.56. The minimum atomic E-state index is -3.05. The predicted octanol–water partition coefficient (Wildman–Crippen LogP) is 5.49. The number of benzene rings is 2. The highest BCUT2D eigenvalue weighted by molar-refractivity contribution is 7.43. The molecule has 1 aliphatic carbocycles. The van der Waals surface area contributed by atoms with Gasteiger partial charge in [0.05, 0.1) is 18.5 Å². The molecule has 3 aromatic rings. The number of carboxylic acids is 1. The maximum absolute atomic E-state index is 13.8. The third kappa shape index (κ3) is 4.15. The maximum atomic E-state index is 13.8. The third-order valence-electron chi connectivity index (χ3n) is 6.39. The molecule has 1 aliphatic rings. The summed E-state index contributed by atoms with van der Waals surface area (Å²) in [4.78, 5) is 17.4. The molecule has 8 heteroatoms. The fourth-order valence-electron chi connectivity index (χ4n) is 4.38. The molecule has 3 atom stereocenters. The van der Waals surface area contributed by atoms with Crippen LogP contribution in [-0.4, -0.2) is 33.4 Å². The minimum absolute atomic E-state index is 0.0518. The van der Waals surface area contributed by atoms with E-state index >= 15 is 0 Å². The fourth-order valence-corrected chi connectivity index (χ4v) is 5.38. The van der Waals surface area contributed by atoms with E-state index in [-0.39, 0.29) is 11.5 Å². The summed E-state index contributed by atoms with van der Waals surface area (Å²) >= 11 is 0. The number of terminal acetylenes is 1. The van der Waals surface area contributed by atoms with Gasteiger partial charge in [-0.15, -0.1) is 10.9 Å². The molecular weight excluding hydrogens is 468 g/mol. The molecule has 0 bridgehead atoms. The average Bonchev–Trinajstić information content (AvgIpc) is 3.70. The number of pyridine rings is 1. The number of halogens is 1. The Balaban J connectivity index is 2.11. The van der Waals surface area contributed by atoms with Crippen LogP contribution in [0.25, 0.3) is 22.4 Å². The van der Waals surface area contributed by atoms with E-state index in [4.69, 9.17) is 15.9 Å². The van der Waals surface area contributed by atoms with E-state index in [1.807, 2.05) is 30.3 Å². The molecule has 35 heavy (non-hydrogen) atoms. The Morgan fingerprint density at radius 3 is 2.31 bits per heavy atom.